The number of likely N-dealkylation sites (N-methyl/N-ethyl adjacent to an activating group) is 1. The molecule has 0 spiro atoms. The second-order valence-electron chi connectivity index (χ2n) is 5.72. The number of halogens is 1. The van der Waals surface area contributed by atoms with Gasteiger partial charge in [-0.15, -0.1) is 0 Å². The highest BCUT2D eigenvalue weighted by atomic mass is 19.1. The summed E-state index contributed by atoms with van der Waals surface area (Å²) >= 11 is 0. The molecule has 122 valence electrons. The summed E-state index contributed by atoms with van der Waals surface area (Å²) in [6.07, 6.45) is 0.138. The van der Waals surface area contributed by atoms with E-state index in [1.807, 2.05) is 26.8 Å². The third kappa shape index (κ3) is 4.09. The van der Waals surface area contributed by atoms with E-state index >= 15 is 0 Å². The van der Waals surface area contributed by atoms with Gasteiger partial charge in [-0.1, -0.05) is 18.2 Å². The molecule has 0 aliphatic carbocycles. The van der Waals surface area contributed by atoms with Crippen LogP contribution in [0.5, 0.6) is 5.75 Å². The van der Waals surface area contributed by atoms with Crippen molar-refractivity contribution in [2.75, 3.05) is 7.05 Å². The molecule has 2 aromatic rings. The molecule has 2 rings (SSSR count). The predicted molar refractivity (Wildman–Crippen MR) is 89.2 cm³/mol. The molecule has 1 amide bonds. The zero-order valence-corrected chi connectivity index (χ0v) is 14.0. The Kier molecular flexibility index (Phi) is 5.37. The first kappa shape index (κ1) is 17.0. The molecule has 0 fully saturated rings. The van der Waals surface area contributed by atoms with Crippen LogP contribution in [0.25, 0.3) is 0 Å². The normalized spacial score (nSPS) is 10.5. The molecule has 2 aromatic carbocycles. The third-order valence-corrected chi connectivity index (χ3v) is 4.01. The van der Waals surface area contributed by atoms with Crippen LogP contribution in [0.2, 0.25) is 0 Å². The molecule has 0 aliphatic rings. The zero-order valence-electron chi connectivity index (χ0n) is 14.0. The van der Waals surface area contributed by atoms with Crippen molar-refractivity contribution in [2.24, 2.45) is 0 Å². The molecule has 23 heavy (non-hydrogen) atoms. The molecule has 0 saturated carbocycles. The fourth-order valence-corrected chi connectivity index (χ4v) is 2.43. The Labute approximate surface area is 136 Å². The number of rotatable bonds is 5. The molecule has 0 unspecified atom stereocenters. The van der Waals surface area contributed by atoms with Gasteiger partial charge in [-0.3, -0.25) is 4.79 Å². The summed E-state index contributed by atoms with van der Waals surface area (Å²) in [7, 11) is 1.57. The maximum absolute atomic E-state index is 14.1. The number of hydrogen-bond acceptors (Lipinski definition) is 2. The largest absolute Gasteiger partial charge is 0.489 e. The Morgan fingerprint density at radius 1 is 1.13 bits per heavy atom. The minimum Gasteiger partial charge on any atom is -0.489 e. The van der Waals surface area contributed by atoms with Gasteiger partial charge in [0.05, 0.1) is 6.42 Å². The molecule has 0 saturated heterocycles. The van der Waals surface area contributed by atoms with E-state index in [2.05, 4.69) is 11.4 Å². The average molecular weight is 315 g/mol. The summed E-state index contributed by atoms with van der Waals surface area (Å²) < 4.78 is 20.0. The van der Waals surface area contributed by atoms with Crippen LogP contribution >= 0.6 is 0 Å². The van der Waals surface area contributed by atoms with Crippen LogP contribution < -0.4 is 10.1 Å². The number of carbonyl (C=O) groups is 1. The number of nitrogens with one attached hydrogen (secondary N) is 1. The number of ether oxygens (including phenoxy) is 1. The lowest BCUT2D eigenvalue weighted by Crippen LogP contribution is -2.21. The Bertz CT molecular complexity index is 726. The lowest BCUT2D eigenvalue weighted by molar-refractivity contribution is -0.119. The molecule has 0 bridgehead atoms. The van der Waals surface area contributed by atoms with Gasteiger partial charge in [0.15, 0.2) is 0 Å². The molecule has 0 heterocycles. The van der Waals surface area contributed by atoms with Crippen LogP contribution in [-0.2, 0) is 17.8 Å². The first-order chi connectivity index (χ1) is 10.9. The van der Waals surface area contributed by atoms with Gasteiger partial charge in [-0.25, -0.2) is 4.39 Å². The van der Waals surface area contributed by atoms with Crippen molar-refractivity contribution in [3.63, 3.8) is 0 Å². The number of carbonyl (C=O) groups excluding carboxylic acids is 1. The number of aryl methyl sites for hydroxylation is 3. The Balaban J connectivity index is 2.23. The Morgan fingerprint density at radius 2 is 1.83 bits per heavy atom. The van der Waals surface area contributed by atoms with Gasteiger partial charge in [-0.2, -0.15) is 0 Å². The molecule has 0 aliphatic heterocycles. The zero-order chi connectivity index (χ0) is 17.0. The molecule has 0 aromatic heterocycles. The Hall–Kier alpha value is -2.36. The van der Waals surface area contributed by atoms with Crippen LogP contribution in [0.3, 0.4) is 0 Å². The first-order valence-corrected chi connectivity index (χ1v) is 7.60. The van der Waals surface area contributed by atoms with Crippen LogP contribution in [0.1, 0.15) is 27.8 Å². The fourth-order valence-electron chi connectivity index (χ4n) is 2.43. The van der Waals surface area contributed by atoms with Crippen molar-refractivity contribution < 1.29 is 13.9 Å². The topological polar surface area (TPSA) is 38.3 Å². The van der Waals surface area contributed by atoms with Crippen molar-refractivity contribution in [3.05, 3.63) is 64.0 Å². The minimum absolute atomic E-state index is 0.0995. The van der Waals surface area contributed by atoms with Crippen molar-refractivity contribution in [1.29, 1.82) is 0 Å². The first-order valence-electron chi connectivity index (χ1n) is 7.60. The smallest absolute Gasteiger partial charge is 0.224 e. The molecule has 1 N–H and O–H groups in total. The van der Waals surface area contributed by atoms with Crippen LogP contribution in [0.4, 0.5) is 4.39 Å². The van der Waals surface area contributed by atoms with E-state index < -0.39 is 0 Å². The quantitative estimate of drug-likeness (QED) is 0.915. The van der Waals surface area contributed by atoms with Gasteiger partial charge in [-0.05, 0) is 55.2 Å². The molecule has 4 heteroatoms. The minimum atomic E-state index is -0.354. The highest BCUT2D eigenvalue weighted by molar-refractivity contribution is 5.78. The summed E-state index contributed by atoms with van der Waals surface area (Å²) in [5.41, 5.74) is 4.41. The van der Waals surface area contributed by atoms with Crippen LogP contribution in [0.15, 0.2) is 30.3 Å². The summed E-state index contributed by atoms with van der Waals surface area (Å²) in [6, 6.07) is 8.77. The SMILES string of the molecule is CNC(=O)Cc1cccc(F)c1COc1cc(C)c(C)cc1C. The number of benzene rings is 2. The van der Waals surface area contributed by atoms with Crippen molar-refractivity contribution >= 4 is 5.91 Å². The van der Waals surface area contributed by atoms with Gasteiger partial charge in [0.1, 0.15) is 18.2 Å². The fraction of sp³-hybridized carbons (Fsp3) is 0.316. The number of hydrogen-bond donors (Lipinski definition) is 1. The maximum atomic E-state index is 14.1. The number of amides is 1. The van der Waals surface area contributed by atoms with E-state index in [4.69, 9.17) is 4.74 Å². The predicted octanol–water partition coefficient (Wildman–Crippen LogP) is 3.62. The monoisotopic (exact) mass is 315 g/mol. The van der Waals surface area contributed by atoms with E-state index in [0.29, 0.717) is 11.1 Å². The second kappa shape index (κ2) is 7.27. The van der Waals surface area contributed by atoms with Gasteiger partial charge < -0.3 is 10.1 Å². The molecule has 0 radical (unpaired) electrons. The summed E-state index contributed by atoms with van der Waals surface area (Å²) in [5.74, 6) is 0.231. The van der Waals surface area contributed by atoms with Crippen molar-refractivity contribution in [3.8, 4) is 5.75 Å². The molecule has 0 atom stereocenters. The summed E-state index contributed by atoms with van der Waals surface area (Å²) in [4.78, 5) is 11.6. The highest BCUT2D eigenvalue weighted by Gasteiger charge is 2.13. The highest BCUT2D eigenvalue weighted by Crippen LogP contribution is 2.24. The average Bonchev–Trinajstić information content (AvgIpc) is 2.51. The Morgan fingerprint density at radius 3 is 2.52 bits per heavy atom. The van der Waals surface area contributed by atoms with E-state index in [9.17, 15) is 9.18 Å². The van der Waals surface area contributed by atoms with Crippen molar-refractivity contribution in [2.45, 2.75) is 33.8 Å². The second-order valence-corrected chi connectivity index (χ2v) is 5.72. The lowest BCUT2D eigenvalue weighted by Gasteiger charge is -2.14. The molecular formula is C19H22FNO2. The van der Waals surface area contributed by atoms with Gasteiger partial charge in [0.2, 0.25) is 5.91 Å². The maximum Gasteiger partial charge on any atom is 0.224 e. The standard InChI is InChI=1S/C19H22FNO2/c1-12-8-14(3)18(9-13(12)2)23-11-16-15(10-19(22)21-4)6-5-7-17(16)20/h5-9H,10-11H2,1-4H3,(H,21,22). The van der Waals surface area contributed by atoms with Gasteiger partial charge in [0, 0.05) is 12.6 Å². The summed E-state index contributed by atoms with van der Waals surface area (Å²) in [6.45, 7) is 6.13. The lowest BCUT2D eigenvalue weighted by atomic mass is 10.0. The summed E-state index contributed by atoms with van der Waals surface area (Å²) in [5, 5.41) is 2.55. The van der Waals surface area contributed by atoms with E-state index in [1.54, 1.807) is 19.2 Å². The van der Waals surface area contributed by atoms with Crippen LogP contribution in [0, 0.1) is 26.6 Å². The van der Waals surface area contributed by atoms with Gasteiger partial charge in [0.25, 0.3) is 0 Å². The van der Waals surface area contributed by atoms with E-state index in [-0.39, 0.29) is 24.8 Å². The molecular weight excluding hydrogens is 293 g/mol. The van der Waals surface area contributed by atoms with Gasteiger partial charge >= 0.3 is 0 Å². The van der Waals surface area contributed by atoms with E-state index in [0.717, 1.165) is 16.9 Å². The van der Waals surface area contributed by atoms with Crippen LogP contribution in [-0.4, -0.2) is 13.0 Å². The van der Waals surface area contributed by atoms with Crippen molar-refractivity contribution in [1.82, 2.24) is 5.32 Å². The molecule has 3 nitrogen and oxygen atoms in total. The van der Waals surface area contributed by atoms with E-state index in [1.165, 1.54) is 11.6 Å². The third-order valence-electron chi connectivity index (χ3n) is 4.01.